The first-order valence-electron chi connectivity index (χ1n) is 7.98. The fourth-order valence-electron chi connectivity index (χ4n) is 2.64. The average molecular weight is 347 g/mol. The summed E-state index contributed by atoms with van der Waals surface area (Å²) in [6.07, 6.45) is 0.141. The van der Waals surface area contributed by atoms with Crippen molar-refractivity contribution in [3.8, 4) is 5.69 Å². The van der Waals surface area contributed by atoms with E-state index in [1.807, 2.05) is 13.8 Å². The first-order chi connectivity index (χ1) is 11.7. The number of carbonyl (C=O) groups excluding carboxylic acids is 1. The molecule has 0 saturated carbocycles. The van der Waals surface area contributed by atoms with Gasteiger partial charge in [-0.15, -0.1) is 0 Å². The van der Waals surface area contributed by atoms with Gasteiger partial charge >= 0.3 is 5.97 Å². The summed E-state index contributed by atoms with van der Waals surface area (Å²) in [4.78, 5) is 24.8. The molecule has 6 nitrogen and oxygen atoms in total. The van der Waals surface area contributed by atoms with Gasteiger partial charge < -0.3 is 10.0 Å². The van der Waals surface area contributed by atoms with Gasteiger partial charge in [-0.05, 0) is 38.1 Å². The quantitative estimate of drug-likeness (QED) is 0.870. The van der Waals surface area contributed by atoms with Crippen LogP contribution in [0.15, 0.2) is 24.3 Å². The Balaban J connectivity index is 2.19. The standard InChI is InChI=1S/C18H22FN3O3/c1-11(18(24)25)10-21(4)17(23)9-16-12(2)20-22(13(16)3)15-7-5-14(19)6-8-15/h5-8,11H,9-10H2,1-4H3,(H,24,25). The lowest BCUT2D eigenvalue weighted by atomic mass is 10.1. The minimum atomic E-state index is -0.934. The Morgan fingerprint density at radius 2 is 1.88 bits per heavy atom. The number of benzene rings is 1. The van der Waals surface area contributed by atoms with Gasteiger partial charge in [0.2, 0.25) is 5.91 Å². The van der Waals surface area contributed by atoms with Gasteiger partial charge in [0.25, 0.3) is 0 Å². The second kappa shape index (κ2) is 7.46. The zero-order valence-corrected chi connectivity index (χ0v) is 14.8. The van der Waals surface area contributed by atoms with E-state index in [1.54, 1.807) is 30.8 Å². The van der Waals surface area contributed by atoms with Crippen molar-refractivity contribution in [1.82, 2.24) is 14.7 Å². The average Bonchev–Trinajstić information content (AvgIpc) is 2.83. The number of aliphatic carboxylic acids is 1. The molecule has 134 valence electrons. The molecule has 0 fully saturated rings. The van der Waals surface area contributed by atoms with Gasteiger partial charge in [0.1, 0.15) is 5.82 Å². The van der Waals surface area contributed by atoms with Crippen LogP contribution in [0.25, 0.3) is 5.69 Å². The zero-order chi connectivity index (χ0) is 18.7. The van der Waals surface area contributed by atoms with E-state index in [1.165, 1.54) is 17.0 Å². The van der Waals surface area contributed by atoms with Crippen molar-refractivity contribution in [2.75, 3.05) is 13.6 Å². The normalized spacial score (nSPS) is 12.0. The molecule has 0 bridgehead atoms. The minimum absolute atomic E-state index is 0.141. The Bertz CT molecular complexity index is 784. The fraction of sp³-hybridized carbons (Fsp3) is 0.389. The van der Waals surface area contributed by atoms with Crippen LogP contribution < -0.4 is 0 Å². The number of aryl methyl sites for hydroxylation is 1. The van der Waals surface area contributed by atoms with Gasteiger partial charge in [-0.2, -0.15) is 5.10 Å². The predicted molar refractivity (Wildman–Crippen MR) is 91.1 cm³/mol. The van der Waals surface area contributed by atoms with Crippen molar-refractivity contribution >= 4 is 11.9 Å². The number of nitrogens with zero attached hydrogens (tertiary/aromatic N) is 3. The third kappa shape index (κ3) is 4.23. The predicted octanol–water partition coefficient (Wildman–Crippen LogP) is 2.35. The Kier molecular flexibility index (Phi) is 5.56. The monoisotopic (exact) mass is 347 g/mol. The van der Waals surface area contributed by atoms with Crippen LogP contribution in [0.4, 0.5) is 4.39 Å². The van der Waals surface area contributed by atoms with Crippen molar-refractivity contribution in [1.29, 1.82) is 0 Å². The molecule has 0 spiro atoms. The highest BCUT2D eigenvalue weighted by atomic mass is 19.1. The highest BCUT2D eigenvalue weighted by molar-refractivity contribution is 5.80. The van der Waals surface area contributed by atoms with E-state index in [2.05, 4.69) is 5.10 Å². The van der Waals surface area contributed by atoms with Gasteiger partial charge in [-0.3, -0.25) is 9.59 Å². The van der Waals surface area contributed by atoms with E-state index in [9.17, 15) is 14.0 Å². The highest BCUT2D eigenvalue weighted by Crippen LogP contribution is 2.19. The van der Waals surface area contributed by atoms with Crippen LogP contribution in [0, 0.1) is 25.6 Å². The van der Waals surface area contributed by atoms with E-state index in [-0.39, 0.29) is 24.7 Å². The van der Waals surface area contributed by atoms with Gasteiger partial charge in [0, 0.05) is 24.8 Å². The molecule has 0 saturated heterocycles. The van der Waals surface area contributed by atoms with Crippen molar-refractivity contribution in [2.45, 2.75) is 27.2 Å². The van der Waals surface area contributed by atoms with Crippen molar-refractivity contribution < 1.29 is 19.1 Å². The summed E-state index contributed by atoms with van der Waals surface area (Å²) in [6, 6.07) is 5.97. The molecule has 0 aliphatic rings. The number of amides is 1. The molecule has 2 rings (SSSR count). The summed E-state index contributed by atoms with van der Waals surface area (Å²) in [5.74, 6) is -2.05. The summed E-state index contributed by atoms with van der Waals surface area (Å²) in [5, 5.41) is 13.4. The van der Waals surface area contributed by atoms with Crippen LogP contribution in [0.5, 0.6) is 0 Å². The second-order valence-corrected chi connectivity index (χ2v) is 6.23. The molecule has 2 aromatic rings. The van der Waals surface area contributed by atoms with E-state index >= 15 is 0 Å². The molecule has 25 heavy (non-hydrogen) atoms. The third-order valence-corrected chi connectivity index (χ3v) is 4.24. The maximum atomic E-state index is 13.1. The maximum absolute atomic E-state index is 13.1. The van der Waals surface area contributed by atoms with E-state index in [4.69, 9.17) is 5.11 Å². The summed E-state index contributed by atoms with van der Waals surface area (Å²) in [5.41, 5.74) is 3.03. The Hall–Kier alpha value is -2.70. The number of hydrogen-bond acceptors (Lipinski definition) is 3. The largest absolute Gasteiger partial charge is 0.481 e. The van der Waals surface area contributed by atoms with Crippen molar-refractivity contribution in [2.24, 2.45) is 5.92 Å². The lowest BCUT2D eigenvalue weighted by molar-refractivity contribution is -0.142. The molecule has 7 heteroatoms. The van der Waals surface area contributed by atoms with Crippen LogP contribution in [0.1, 0.15) is 23.9 Å². The Labute approximate surface area is 145 Å². The molecule has 0 aliphatic heterocycles. The van der Waals surface area contributed by atoms with Gasteiger partial charge in [-0.1, -0.05) is 6.92 Å². The zero-order valence-electron chi connectivity index (χ0n) is 14.8. The lowest BCUT2D eigenvalue weighted by Crippen LogP contribution is -2.34. The molecule has 1 amide bonds. The highest BCUT2D eigenvalue weighted by Gasteiger charge is 2.21. The number of aromatic nitrogens is 2. The number of carbonyl (C=O) groups is 2. The number of likely N-dealkylation sites (N-methyl/N-ethyl adjacent to an activating group) is 1. The SMILES string of the molecule is Cc1nn(-c2ccc(F)cc2)c(C)c1CC(=O)N(C)CC(C)C(=O)O. The summed E-state index contributed by atoms with van der Waals surface area (Å²) in [7, 11) is 1.59. The van der Waals surface area contributed by atoms with Gasteiger partial charge in [0.15, 0.2) is 0 Å². The number of carboxylic acids is 1. The molecule has 1 aromatic carbocycles. The molecular weight excluding hydrogens is 325 g/mol. The van der Waals surface area contributed by atoms with Crippen molar-refractivity contribution in [3.63, 3.8) is 0 Å². The molecule has 1 heterocycles. The first-order valence-corrected chi connectivity index (χ1v) is 7.98. The van der Waals surface area contributed by atoms with Crippen LogP contribution in [0.2, 0.25) is 0 Å². The number of halogens is 1. The Morgan fingerprint density at radius 1 is 1.28 bits per heavy atom. The summed E-state index contributed by atoms with van der Waals surface area (Å²) in [6.45, 7) is 5.38. The van der Waals surface area contributed by atoms with Gasteiger partial charge in [-0.25, -0.2) is 9.07 Å². The Morgan fingerprint density at radius 3 is 2.44 bits per heavy atom. The number of hydrogen-bond donors (Lipinski definition) is 1. The van der Waals surface area contributed by atoms with Crippen LogP contribution in [-0.4, -0.2) is 45.3 Å². The maximum Gasteiger partial charge on any atom is 0.308 e. The van der Waals surface area contributed by atoms with Crippen LogP contribution in [-0.2, 0) is 16.0 Å². The van der Waals surface area contributed by atoms with E-state index in [0.717, 1.165) is 17.0 Å². The molecule has 1 unspecified atom stereocenters. The topological polar surface area (TPSA) is 75.4 Å². The molecule has 1 N–H and O–H groups in total. The second-order valence-electron chi connectivity index (χ2n) is 6.23. The molecule has 0 radical (unpaired) electrons. The fourth-order valence-corrected chi connectivity index (χ4v) is 2.64. The molecular formula is C18H22FN3O3. The number of carboxylic acid groups (broad SMARTS) is 1. The van der Waals surface area contributed by atoms with Crippen molar-refractivity contribution in [3.05, 3.63) is 47.0 Å². The first kappa shape index (κ1) is 18.6. The lowest BCUT2D eigenvalue weighted by Gasteiger charge is -2.19. The van der Waals surface area contributed by atoms with Gasteiger partial charge in [0.05, 0.1) is 23.7 Å². The summed E-state index contributed by atoms with van der Waals surface area (Å²) < 4.78 is 14.8. The third-order valence-electron chi connectivity index (χ3n) is 4.24. The van der Waals surface area contributed by atoms with E-state index < -0.39 is 11.9 Å². The molecule has 1 aromatic heterocycles. The smallest absolute Gasteiger partial charge is 0.308 e. The summed E-state index contributed by atoms with van der Waals surface area (Å²) >= 11 is 0. The number of rotatable bonds is 6. The van der Waals surface area contributed by atoms with Crippen LogP contribution >= 0.6 is 0 Å². The van der Waals surface area contributed by atoms with E-state index in [0.29, 0.717) is 5.69 Å². The minimum Gasteiger partial charge on any atom is -0.481 e. The molecule has 0 aliphatic carbocycles. The molecule has 1 atom stereocenters. The van der Waals surface area contributed by atoms with Crippen LogP contribution in [0.3, 0.4) is 0 Å².